The molecule has 0 saturated heterocycles. The molecule has 2 rings (SSSR count). The number of nitrogen functional groups attached to an aromatic ring is 1. The van der Waals surface area contributed by atoms with Gasteiger partial charge in [-0.1, -0.05) is 0 Å². The summed E-state index contributed by atoms with van der Waals surface area (Å²) in [5, 5.41) is 3.82. The standard InChI is InChI=1S/C11H14N4O3S/c1-15-7-9(6-13-15)19(16,17)14-11-5-8(18-2)3-4-10(11)12/h3-7,14H,12H2,1-2H3. The van der Waals surface area contributed by atoms with Crippen LogP contribution in [0.2, 0.25) is 0 Å². The maximum absolute atomic E-state index is 12.1. The summed E-state index contributed by atoms with van der Waals surface area (Å²) in [6.07, 6.45) is 2.66. The third-order valence-corrected chi connectivity index (χ3v) is 3.82. The van der Waals surface area contributed by atoms with Crippen LogP contribution in [0.4, 0.5) is 11.4 Å². The zero-order chi connectivity index (χ0) is 14.0. The second-order valence-corrected chi connectivity index (χ2v) is 5.59. The zero-order valence-corrected chi connectivity index (χ0v) is 11.3. The lowest BCUT2D eigenvalue weighted by Gasteiger charge is -2.10. The first-order valence-electron chi connectivity index (χ1n) is 5.37. The Labute approximate surface area is 111 Å². The van der Waals surface area contributed by atoms with Crippen molar-refractivity contribution in [1.29, 1.82) is 0 Å². The number of nitrogens with one attached hydrogen (secondary N) is 1. The van der Waals surface area contributed by atoms with Gasteiger partial charge in [-0.05, 0) is 12.1 Å². The SMILES string of the molecule is COc1ccc(N)c(NS(=O)(=O)c2cnn(C)c2)c1. The van der Waals surface area contributed by atoms with Gasteiger partial charge in [0.2, 0.25) is 0 Å². The molecule has 0 saturated carbocycles. The molecule has 0 amide bonds. The van der Waals surface area contributed by atoms with Gasteiger partial charge in [0, 0.05) is 19.3 Å². The van der Waals surface area contributed by atoms with Gasteiger partial charge in [0.05, 0.1) is 24.7 Å². The van der Waals surface area contributed by atoms with Crippen LogP contribution in [0.3, 0.4) is 0 Å². The molecule has 1 aromatic carbocycles. The van der Waals surface area contributed by atoms with Gasteiger partial charge in [0.25, 0.3) is 10.0 Å². The molecule has 0 spiro atoms. The molecule has 0 bridgehead atoms. The van der Waals surface area contributed by atoms with Crippen LogP contribution < -0.4 is 15.2 Å². The molecular weight excluding hydrogens is 268 g/mol. The highest BCUT2D eigenvalue weighted by Crippen LogP contribution is 2.26. The molecule has 19 heavy (non-hydrogen) atoms. The normalized spacial score (nSPS) is 11.3. The summed E-state index contributed by atoms with van der Waals surface area (Å²) >= 11 is 0. The summed E-state index contributed by atoms with van der Waals surface area (Å²) in [7, 11) is -0.580. The summed E-state index contributed by atoms with van der Waals surface area (Å²) in [6, 6.07) is 4.74. The maximum atomic E-state index is 12.1. The number of ether oxygens (including phenoxy) is 1. The van der Waals surface area contributed by atoms with Gasteiger partial charge in [-0.25, -0.2) is 8.42 Å². The van der Waals surface area contributed by atoms with Crippen molar-refractivity contribution >= 4 is 21.4 Å². The van der Waals surface area contributed by atoms with Crippen LogP contribution in [-0.2, 0) is 17.1 Å². The van der Waals surface area contributed by atoms with Crippen LogP contribution in [0.25, 0.3) is 0 Å². The fraction of sp³-hybridized carbons (Fsp3) is 0.182. The topological polar surface area (TPSA) is 99.2 Å². The number of hydrogen-bond donors (Lipinski definition) is 2. The van der Waals surface area contributed by atoms with Crippen molar-refractivity contribution in [2.24, 2.45) is 7.05 Å². The van der Waals surface area contributed by atoms with Gasteiger partial charge in [-0.2, -0.15) is 5.10 Å². The zero-order valence-electron chi connectivity index (χ0n) is 10.5. The highest BCUT2D eigenvalue weighted by atomic mass is 32.2. The Morgan fingerprint density at radius 3 is 2.74 bits per heavy atom. The average Bonchev–Trinajstić information content (AvgIpc) is 2.79. The van der Waals surface area contributed by atoms with Gasteiger partial charge in [-0.15, -0.1) is 0 Å². The first kappa shape index (κ1) is 13.2. The number of nitrogens with zero attached hydrogens (tertiary/aromatic N) is 2. The lowest BCUT2D eigenvalue weighted by molar-refractivity contribution is 0.415. The van der Waals surface area contributed by atoms with E-state index in [1.807, 2.05) is 0 Å². The minimum atomic E-state index is -3.71. The summed E-state index contributed by atoms with van der Waals surface area (Å²) in [5.41, 5.74) is 6.31. The minimum Gasteiger partial charge on any atom is -0.497 e. The van der Waals surface area contributed by atoms with Crippen LogP contribution in [0.5, 0.6) is 5.75 Å². The van der Waals surface area contributed by atoms with Crippen molar-refractivity contribution in [2.75, 3.05) is 17.6 Å². The van der Waals surface area contributed by atoms with Crippen LogP contribution in [0, 0.1) is 0 Å². The number of nitrogens with two attached hydrogens (primary N) is 1. The summed E-state index contributed by atoms with van der Waals surface area (Å²) in [4.78, 5) is 0.0669. The van der Waals surface area contributed by atoms with Gasteiger partial charge in [-0.3, -0.25) is 9.40 Å². The lowest BCUT2D eigenvalue weighted by atomic mass is 10.2. The van der Waals surface area contributed by atoms with Gasteiger partial charge >= 0.3 is 0 Å². The predicted molar refractivity (Wildman–Crippen MR) is 71.4 cm³/mol. The molecule has 2 aromatic rings. The van der Waals surface area contributed by atoms with E-state index in [9.17, 15) is 8.42 Å². The molecule has 0 atom stereocenters. The second-order valence-electron chi connectivity index (χ2n) is 3.91. The molecule has 0 radical (unpaired) electrons. The van der Waals surface area contributed by atoms with Gasteiger partial charge < -0.3 is 10.5 Å². The first-order chi connectivity index (χ1) is 8.92. The van der Waals surface area contributed by atoms with E-state index in [2.05, 4.69) is 9.82 Å². The van der Waals surface area contributed by atoms with E-state index in [0.717, 1.165) is 0 Å². The Morgan fingerprint density at radius 1 is 1.42 bits per heavy atom. The van der Waals surface area contributed by atoms with E-state index in [4.69, 9.17) is 10.5 Å². The smallest absolute Gasteiger partial charge is 0.265 e. The molecule has 102 valence electrons. The van der Waals surface area contributed by atoms with Crippen LogP contribution in [0.1, 0.15) is 0 Å². The first-order valence-corrected chi connectivity index (χ1v) is 6.85. The van der Waals surface area contributed by atoms with Gasteiger partial charge in [0.1, 0.15) is 10.6 Å². The molecule has 7 nitrogen and oxygen atoms in total. The molecule has 0 aliphatic heterocycles. The Kier molecular flexibility index (Phi) is 3.34. The number of aromatic nitrogens is 2. The van der Waals surface area contributed by atoms with Crippen molar-refractivity contribution in [2.45, 2.75) is 4.90 Å². The lowest BCUT2D eigenvalue weighted by Crippen LogP contribution is -2.13. The molecule has 1 aromatic heterocycles. The van der Waals surface area contributed by atoms with Crippen LogP contribution >= 0.6 is 0 Å². The molecule has 1 heterocycles. The number of benzene rings is 1. The van der Waals surface area contributed by atoms with Gasteiger partial charge in [0.15, 0.2) is 0 Å². The number of rotatable bonds is 4. The second kappa shape index (κ2) is 4.81. The van der Waals surface area contributed by atoms with E-state index in [0.29, 0.717) is 11.4 Å². The highest BCUT2D eigenvalue weighted by molar-refractivity contribution is 7.92. The van der Waals surface area contributed by atoms with Crippen LogP contribution in [-0.4, -0.2) is 25.3 Å². The predicted octanol–water partition coefficient (Wildman–Crippen LogP) is 0.812. The molecule has 0 fully saturated rings. The third kappa shape index (κ3) is 2.79. The maximum Gasteiger partial charge on any atom is 0.265 e. The third-order valence-electron chi connectivity index (χ3n) is 2.50. The van der Waals surface area contributed by atoms with Crippen molar-refractivity contribution < 1.29 is 13.2 Å². The largest absolute Gasteiger partial charge is 0.497 e. The quantitative estimate of drug-likeness (QED) is 0.808. The molecule has 8 heteroatoms. The van der Waals surface area contributed by atoms with Crippen molar-refractivity contribution in [3.63, 3.8) is 0 Å². The molecule has 3 N–H and O–H groups in total. The Morgan fingerprint density at radius 2 is 2.16 bits per heavy atom. The van der Waals surface area contributed by atoms with E-state index >= 15 is 0 Å². The van der Waals surface area contributed by atoms with E-state index in [-0.39, 0.29) is 10.6 Å². The fourth-order valence-corrected chi connectivity index (χ4v) is 2.55. The fourth-order valence-electron chi connectivity index (χ4n) is 1.49. The van der Waals surface area contributed by atoms with Crippen molar-refractivity contribution in [1.82, 2.24) is 9.78 Å². The number of hydrogen-bond acceptors (Lipinski definition) is 5. The highest BCUT2D eigenvalue weighted by Gasteiger charge is 2.17. The summed E-state index contributed by atoms with van der Waals surface area (Å²) in [6.45, 7) is 0. The number of aryl methyl sites for hydroxylation is 1. The monoisotopic (exact) mass is 282 g/mol. The van der Waals surface area contributed by atoms with Crippen molar-refractivity contribution in [3.8, 4) is 5.75 Å². The average molecular weight is 282 g/mol. The van der Waals surface area contributed by atoms with Crippen molar-refractivity contribution in [3.05, 3.63) is 30.6 Å². The number of anilines is 2. The molecule has 0 unspecified atom stereocenters. The molecule has 0 aliphatic rings. The van der Waals surface area contributed by atoms with E-state index < -0.39 is 10.0 Å². The Balaban J connectivity index is 2.35. The van der Waals surface area contributed by atoms with E-state index in [1.165, 1.54) is 30.3 Å². The summed E-state index contributed by atoms with van der Waals surface area (Å²) < 4.78 is 33.1. The van der Waals surface area contributed by atoms with Crippen LogP contribution in [0.15, 0.2) is 35.5 Å². The molecule has 0 aliphatic carbocycles. The number of methoxy groups -OCH3 is 1. The minimum absolute atomic E-state index is 0.0669. The number of sulfonamides is 1. The Bertz CT molecular complexity index is 694. The molecular formula is C11H14N4O3S. The summed E-state index contributed by atoms with van der Waals surface area (Å²) in [5.74, 6) is 0.512. The Hall–Kier alpha value is -2.22. The van der Waals surface area contributed by atoms with E-state index in [1.54, 1.807) is 19.2 Å².